The van der Waals surface area contributed by atoms with Gasteiger partial charge in [-0.25, -0.2) is 0 Å². The van der Waals surface area contributed by atoms with E-state index >= 15 is 0 Å². The average Bonchev–Trinajstić information content (AvgIpc) is 2.34. The number of carbonyl (C=O) groups is 2. The van der Waals surface area contributed by atoms with Crippen molar-refractivity contribution in [1.29, 1.82) is 0 Å². The van der Waals surface area contributed by atoms with Gasteiger partial charge in [0.15, 0.2) is 11.6 Å². The molecule has 4 nitrogen and oxygen atoms in total. The van der Waals surface area contributed by atoms with Crippen LogP contribution in [0.3, 0.4) is 0 Å². The van der Waals surface area contributed by atoms with Crippen LogP contribution in [0.2, 0.25) is 0 Å². The van der Waals surface area contributed by atoms with E-state index in [9.17, 15) is 19.8 Å². The van der Waals surface area contributed by atoms with Crippen LogP contribution in [0.15, 0.2) is 23.7 Å². The van der Waals surface area contributed by atoms with Crippen LogP contribution in [-0.4, -0.2) is 21.8 Å². The third kappa shape index (κ3) is 13.7. The van der Waals surface area contributed by atoms with E-state index < -0.39 is 10.8 Å². The fourth-order valence-corrected chi connectivity index (χ4v) is 1.11. The second kappa shape index (κ2) is 10.5. The van der Waals surface area contributed by atoms with Crippen LogP contribution < -0.4 is 0 Å². The fourth-order valence-electron chi connectivity index (χ4n) is 1.11. The molecule has 0 spiro atoms. The molecule has 0 aliphatic rings. The van der Waals surface area contributed by atoms with E-state index in [2.05, 4.69) is 0 Å². The van der Waals surface area contributed by atoms with Crippen molar-refractivity contribution >= 4 is 11.6 Å². The van der Waals surface area contributed by atoms with Crippen LogP contribution >= 0.6 is 0 Å². The van der Waals surface area contributed by atoms with Gasteiger partial charge in [0, 0.05) is 50.9 Å². The van der Waals surface area contributed by atoms with Gasteiger partial charge in [0.2, 0.25) is 0 Å². The van der Waals surface area contributed by atoms with Crippen molar-refractivity contribution in [2.24, 2.45) is 21.7 Å². The number of hydrogen-bond donors (Lipinski definition) is 2. The molecule has 0 aromatic carbocycles. The van der Waals surface area contributed by atoms with Crippen LogP contribution in [0.4, 0.5) is 0 Å². The largest absolute Gasteiger partial charge is 0.512 e. The Morgan fingerprint density at radius 3 is 0.815 bits per heavy atom. The van der Waals surface area contributed by atoms with Gasteiger partial charge in [0.25, 0.3) is 0 Å². The third-order valence-corrected chi connectivity index (χ3v) is 3.55. The number of aliphatic hydroxyl groups is 2. The molecule has 0 amide bonds. The summed E-state index contributed by atoms with van der Waals surface area (Å²) >= 11 is 0. The Bertz CT molecular complexity index is 505. The molecule has 0 unspecified atom stereocenters. The topological polar surface area (TPSA) is 74.6 Å². The fraction of sp³-hybridized carbons (Fsp3) is 0.727. The first-order chi connectivity index (χ1) is 11.1. The van der Waals surface area contributed by atoms with Crippen molar-refractivity contribution in [2.45, 2.75) is 83.1 Å². The maximum absolute atomic E-state index is 11.5. The van der Waals surface area contributed by atoms with Crippen molar-refractivity contribution < 1.29 is 36.9 Å². The Hall–Kier alpha value is -1.06. The zero-order valence-electron chi connectivity index (χ0n) is 19.2. The zero-order chi connectivity index (χ0) is 21.7. The van der Waals surface area contributed by atoms with Crippen molar-refractivity contribution in [2.75, 3.05) is 0 Å². The Morgan fingerprint density at radius 1 is 0.519 bits per heavy atom. The van der Waals surface area contributed by atoms with Gasteiger partial charge in [-0.2, -0.15) is 0 Å². The summed E-state index contributed by atoms with van der Waals surface area (Å²) in [5, 5.41) is 19.1. The Balaban J connectivity index is -0.000000411. The molecule has 0 aliphatic carbocycles. The van der Waals surface area contributed by atoms with Crippen molar-refractivity contribution in [3.63, 3.8) is 0 Å². The molecule has 0 heterocycles. The number of hydrogen-bond acceptors (Lipinski definition) is 4. The van der Waals surface area contributed by atoms with Crippen molar-refractivity contribution in [3.05, 3.63) is 23.7 Å². The van der Waals surface area contributed by atoms with Crippen LogP contribution in [0.5, 0.6) is 0 Å². The second-order valence-corrected chi connectivity index (χ2v) is 10.8. The molecule has 0 radical (unpaired) electrons. The Kier molecular flexibility index (Phi) is 11.9. The molecule has 0 bridgehead atoms. The summed E-state index contributed by atoms with van der Waals surface area (Å²) in [4.78, 5) is 23.0. The molecular formula is C22H40FeO4. The summed E-state index contributed by atoms with van der Waals surface area (Å²) in [6.07, 6.45) is 2.67. The zero-order valence-corrected chi connectivity index (χ0v) is 20.3. The van der Waals surface area contributed by atoms with Gasteiger partial charge in [-0.3, -0.25) is 9.59 Å². The summed E-state index contributed by atoms with van der Waals surface area (Å²) < 4.78 is 0. The monoisotopic (exact) mass is 424 g/mol. The number of ketones is 2. The average molecular weight is 424 g/mol. The number of rotatable bonds is 2. The van der Waals surface area contributed by atoms with E-state index in [1.807, 2.05) is 83.1 Å². The molecule has 0 aromatic rings. The summed E-state index contributed by atoms with van der Waals surface area (Å²) in [6.45, 7) is 22.2. The molecule has 0 atom stereocenters. The van der Waals surface area contributed by atoms with Crippen LogP contribution in [0, 0.1) is 21.7 Å². The Labute approximate surface area is 177 Å². The molecule has 0 aliphatic heterocycles. The minimum absolute atomic E-state index is 0. The van der Waals surface area contributed by atoms with Crippen LogP contribution in [0.25, 0.3) is 0 Å². The first-order valence-electron chi connectivity index (χ1n) is 9.01. The van der Waals surface area contributed by atoms with Crippen molar-refractivity contribution in [1.82, 2.24) is 0 Å². The van der Waals surface area contributed by atoms with E-state index in [0.717, 1.165) is 0 Å². The molecule has 2 N–H and O–H groups in total. The maximum atomic E-state index is 11.5. The van der Waals surface area contributed by atoms with Crippen LogP contribution in [-0.2, 0) is 26.7 Å². The summed E-state index contributed by atoms with van der Waals surface area (Å²) in [6, 6.07) is 0. The predicted molar refractivity (Wildman–Crippen MR) is 109 cm³/mol. The normalized spacial score (nSPS) is 13.9. The maximum Gasteiger partial charge on any atom is 0.164 e. The summed E-state index contributed by atoms with van der Waals surface area (Å²) in [5.41, 5.74) is -1.53. The smallest absolute Gasteiger partial charge is 0.164 e. The van der Waals surface area contributed by atoms with Gasteiger partial charge in [0.05, 0.1) is 0 Å². The van der Waals surface area contributed by atoms with Gasteiger partial charge in [0.1, 0.15) is 11.5 Å². The first kappa shape index (κ1) is 30.7. The molecule has 27 heavy (non-hydrogen) atoms. The van der Waals surface area contributed by atoms with E-state index in [0.29, 0.717) is 0 Å². The van der Waals surface area contributed by atoms with Gasteiger partial charge in [-0.05, 0) is 0 Å². The van der Waals surface area contributed by atoms with Crippen LogP contribution in [0.1, 0.15) is 83.1 Å². The third-order valence-electron chi connectivity index (χ3n) is 3.55. The molecule has 0 rings (SSSR count). The van der Waals surface area contributed by atoms with Gasteiger partial charge >= 0.3 is 0 Å². The van der Waals surface area contributed by atoms with E-state index in [-0.39, 0.29) is 51.0 Å². The molecule has 0 saturated carbocycles. The Morgan fingerprint density at radius 2 is 0.704 bits per heavy atom. The minimum Gasteiger partial charge on any atom is -0.512 e. The number of allylic oxidation sites excluding steroid dienone is 4. The SMILES string of the molecule is CC(C)(C)C(=O)C=C(O)C(C)(C)C.CC(C)(C)C(=O)C=C(O)C(C)(C)C.[Fe]. The van der Waals surface area contributed by atoms with E-state index in [1.54, 1.807) is 0 Å². The summed E-state index contributed by atoms with van der Waals surface area (Å²) in [5.74, 6) is 0.208. The first-order valence-corrected chi connectivity index (χ1v) is 9.01. The molecule has 160 valence electrons. The van der Waals surface area contributed by atoms with Crippen molar-refractivity contribution in [3.8, 4) is 0 Å². The molecule has 0 saturated heterocycles. The van der Waals surface area contributed by atoms with E-state index in [1.165, 1.54) is 12.2 Å². The standard InChI is InChI=1S/2C11H20O2.Fe/c2*1-10(2,3)8(12)7-9(13)11(4,5)6;/h2*7,12H,1-6H3;. The number of aliphatic hydroxyl groups excluding tert-OH is 2. The van der Waals surface area contributed by atoms with Gasteiger partial charge < -0.3 is 10.2 Å². The predicted octanol–water partition coefficient (Wildman–Crippen LogP) is 6.18. The van der Waals surface area contributed by atoms with Gasteiger partial charge in [-0.1, -0.05) is 83.1 Å². The second-order valence-electron chi connectivity index (χ2n) is 10.8. The molecular weight excluding hydrogens is 384 g/mol. The van der Waals surface area contributed by atoms with Gasteiger partial charge in [-0.15, -0.1) is 0 Å². The molecule has 0 aromatic heterocycles. The van der Waals surface area contributed by atoms with E-state index in [4.69, 9.17) is 0 Å². The number of carbonyl (C=O) groups excluding carboxylic acids is 2. The molecule has 0 fully saturated rings. The summed E-state index contributed by atoms with van der Waals surface area (Å²) in [7, 11) is 0. The quantitative estimate of drug-likeness (QED) is 0.316. The minimum atomic E-state index is -0.417. The molecule has 5 heteroatoms.